The summed E-state index contributed by atoms with van der Waals surface area (Å²) in [5, 5.41) is 0. The van der Waals surface area contributed by atoms with Gasteiger partial charge in [-0.2, -0.15) is 0 Å². The van der Waals surface area contributed by atoms with E-state index in [-0.39, 0.29) is 69.0 Å². The highest BCUT2D eigenvalue weighted by molar-refractivity contribution is 5.72. The number of hydrogen-bond acceptors (Lipinski definition) is 13. The van der Waals surface area contributed by atoms with Gasteiger partial charge in [-0.15, -0.1) is 0 Å². The normalized spacial score (nSPS) is 23.0. The van der Waals surface area contributed by atoms with Crippen LogP contribution in [0.1, 0.15) is 232 Å². The Balaban J connectivity index is 1.10. The van der Waals surface area contributed by atoms with Gasteiger partial charge in [-0.1, -0.05) is 104 Å². The highest BCUT2D eigenvalue weighted by atomic mass is 16.6. The lowest BCUT2D eigenvalue weighted by Gasteiger charge is -2.66. The number of ether oxygens (including phenoxy) is 6. The Kier molecular flexibility index (Phi) is 25.9. The fourth-order valence-electron chi connectivity index (χ4n) is 12.7. The molecule has 1 aliphatic heterocycles. The number of esters is 6. The monoisotopic (exact) mass is 986 g/mol. The van der Waals surface area contributed by atoms with Crippen molar-refractivity contribution >= 4 is 35.8 Å². The molecule has 400 valence electrons. The Morgan fingerprint density at radius 2 is 0.814 bits per heavy atom. The van der Waals surface area contributed by atoms with Gasteiger partial charge in [-0.05, 0) is 138 Å². The average Bonchev–Trinajstić information content (AvgIpc) is 4.05. The van der Waals surface area contributed by atoms with Crippen molar-refractivity contribution in [1.82, 2.24) is 4.90 Å². The first-order valence-electron chi connectivity index (χ1n) is 28.7. The van der Waals surface area contributed by atoms with Gasteiger partial charge < -0.3 is 33.3 Å². The van der Waals surface area contributed by atoms with E-state index in [0.717, 1.165) is 95.2 Å². The molecule has 0 aromatic carbocycles. The minimum Gasteiger partial charge on any atom is -0.466 e. The number of likely N-dealkylation sites (tertiary alicyclic amines) is 1. The molecular formula is C57H95NO12. The fraction of sp³-hybridized carbons (Fsp3) is 0.895. The van der Waals surface area contributed by atoms with Gasteiger partial charge >= 0.3 is 35.8 Å². The summed E-state index contributed by atoms with van der Waals surface area (Å²) >= 11 is 0. The molecule has 0 N–H and O–H groups in total. The zero-order chi connectivity index (χ0) is 49.9. The van der Waals surface area contributed by atoms with Gasteiger partial charge in [0.05, 0.1) is 19.6 Å². The topological polar surface area (TPSA) is 161 Å². The van der Waals surface area contributed by atoms with Gasteiger partial charge in [-0.25, -0.2) is 0 Å². The SMILES string of the molecule is CCCCCCCCCOC(=O)CCCCCC(=O)OCC(COC(=O)CCCCCC(=O)OCCCCCCCCC)(COC(=O)CCCN1CCCC1)COC(=O)CC12CC3CC4CC(C1)C43C2. The van der Waals surface area contributed by atoms with Crippen LogP contribution in [-0.4, -0.2) is 100.0 Å². The van der Waals surface area contributed by atoms with Crippen LogP contribution in [-0.2, 0) is 57.2 Å². The van der Waals surface area contributed by atoms with Crippen LogP contribution in [0.5, 0.6) is 0 Å². The van der Waals surface area contributed by atoms with Gasteiger partial charge in [0, 0.05) is 32.1 Å². The van der Waals surface area contributed by atoms with E-state index in [1.54, 1.807) is 0 Å². The molecule has 2 bridgehead atoms. The second-order valence-electron chi connectivity index (χ2n) is 22.5. The molecule has 4 saturated carbocycles. The summed E-state index contributed by atoms with van der Waals surface area (Å²) in [6.45, 7) is 7.10. The second kappa shape index (κ2) is 31.4. The summed E-state index contributed by atoms with van der Waals surface area (Å²) in [5.41, 5.74) is -0.896. The van der Waals surface area contributed by atoms with E-state index in [4.69, 9.17) is 28.4 Å². The summed E-state index contributed by atoms with van der Waals surface area (Å²) in [7, 11) is 0. The lowest BCUT2D eigenvalue weighted by molar-refractivity contribution is -0.179. The average molecular weight is 986 g/mol. The maximum atomic E-state index is 13.8. The van der Waals surface area contributed by atoms with E-state index in [2.05, 4.69) is 18.7 Å². The zero-order valence-corrected chi connectivity index (χ0v) is 44.0. The van der Waals surface area contributed by atoms with Crippen LogP contribution in [0.3, 0.4) is 0 Å². The Hall–Kier alpha value is -3.22. The molecule has 0 radical (unpaired) electrons. The van der Waals surface area contributed by atoms with Crippen LogP contribution >= 0.6 is 0 Å². The number of carbonyl (C=O) groups excluding carboxylic acids is 6. The molecule has 5 fully saturated rings. The number of unbranched alkanes of at least 4 members (excludes halogenated alkanes) is 16. The van der Waals surface area contributed by atoms with Gasteiger partial charge in [0.1, 0.15) is 31.8 Å². The van der Waals surface area contributed by atoms with Crippen LogP contribution in [0, 0.1) is 34.0 Å². The molecule has 0 aromatic rings. The number of nitrogens with zero attached hydrogens (tertiary/aromatic N) is 1. The summed E-state index contributed by atoms with van der Waals surface area (Å²) in [4.78, 5) is 80.5. The Bertz CT molecular complexity index is 1520. The van der Waals surface area contributed by atoms with Crippen LogP contribution in [0.25, 0.3) is 0 Å². The van der Waals surface area contributed by atoms with Gasteiger partial charge in [0.15, 0.2) is 0 Å². The second-order valence-corrected chi connectivity index (χ2v) is 22.5. The van der Waals surface area contributed by atoms with Gasteiger partial charge in [0.2, 0.25) is 0 Å². The first-order valence-corrected chi connectivity index (χ1v) is 28.7. The Morgan fingerprint density at radius 1 is 0.443 bits per heavy atom. The van der Waals surface area contributed by atoms with Crippen LogP contribution in [0.2, 0.25) is 0 Å². The largest absolute Gasteiger partial charge is 0.466 e. The molecule has 70 heavy (non-hydrogen) atoms. The van der Waals surface area contributed by atoms with Crippen LogP contribution < -0.4 is 0 Å². The predicted molar refractivity (Wildman–Crippen MR) is 268 cm³/mol. The molecule has 4 aliphatic carbocycles. The molecule has 1 saturated heterocycles. The first-order chi connectivity index (χ1) is 34.0. The van der Waals surface area contributed by atoms with E-state index in [0.29, 0.717) is 82.8 Å². The molecule has 5 rings (SSSR count). The molecule has 13 nitrogen and oxygen atoms in total. The highest BCUT2D eigenvalue weighted by Gasteiger charge is 2.77. The highest BCUT2D eigenvalue weighted by Crippen LogP contribution is 2.85. The zero-order valence-electron chi connectivity index (χ0n) is 44.0. The summed E-state index contributed by atoms with van der Waals surface area (Å²) in [6.07, 6.45) is 29.8. The molecule has 0 aromatic heterocycles. The molecular weight excluding hydrogens is 891 g/mol. The maximum Gasteiger partial charge on any atom is 0.306 e. The summed E-state index contributed by atoms with van der Waals surface area (Å²) in [6, 6.07) is 0. The van der Waals surface area contributed by atoms with E-state index in [9.17, 15) is 28.8 Å². The lowest BCUT2D eigenvalue weighted by atomic mass is 9.38. The smallest absolute Gasteiger partial charge is 0.306 e. The summed E-state index contributed by atoms with van der Waals surface area (Å²) < 4.78 is 34.5. The predicted octanol–water partition coefficient (Wildman–Crippen LogP) is 11.7. The molecule has 2 unspecified atom stereocenters. The van der Waals surface area contributed by atoms with Gasteiger partial charge in [0.25, 0.3) is 0 Å². The maximum absolute atomic E-state index is 13.8. The molecule has 1 spiro atoms. The molecule has 1 heterocycles. The van der Waals surface area contributed by atoms with E-state index < -0.39 is 23.3 Å². The number of hydrogen-bond donors (Lipinski definition) is 0. The molecule has 5 aliphatic rings. The van der Waals surface area contributed by atoms with E-state index in [1.807, 2.05) is 0 Å². The minimum atomic E-state index is -1.32. The van der Waals surface area contributed by atoms with Crippen molar-refractivity contribution in [3.05, 3.63) is 0 Å². The third-order valence-corrected chi connectivity index (χ3v) is 16.7. The van der Waals surface area contributed by atoms with Crippen molar-refractivity contribution in [2.75, 3.05) is 59.3 Å². The first kappa shape index (κ1) is 57.7. The Labute approximate surface area is 422 Å². The van der Waals surface area contributed by atoms with Crippen molar-refractivity contribution in [1.29, 1.82) is 0 Å². The van der Waals surface area contributed by atoms with E-state index in [1.165, 1.54) is 77.0 Å². The van der Waals surface area contributed by atoms with E-state index >= 15 is 0 Å². The fourth-order valence-corrected chi connectivity index (χ4v) is 12.7. The third-order valence-electron chi connectivity index (χ3n) is 16.7. The molecule has 13 heteroatoms. The molecule has 0 amide bonds. The van der Waals surface area contributed by atoms with Crippen molar-refractivity contribution in [2.24, 2.45) is 34.0 Å². The Morgan fingerprint density at radius 3 is 1.23 bits per heavy atom. The lowest BCUT2D eigenvalue weighted by Crippen LogP contribution is -2.59. The van der Waals surface area contributed by atoms with Crippen LogP contribution in [0.15, 0.2) is 0 Å². The molecule has 2 atom stereocenters. The van der Waals surface area contributed by atoms with Crippen molar-refractivity contribution in [2.45, 2.75) is 232 Å². The van der Waals surface area contributed by atoms with Crippen molar-refractivity contribution in [3.63, 3.8) is 0 Å². The van der Waals surface area contributed by atoms with Gasteiger partial charge in [-0.3, -0.25) is 28.8 Å². The van der Waals surface area contributed by atoms with Crippen molar-refractivity contribution in [3.8, 4) is 0 Å². The number of rotatable bonds is 42. The quantitative estimate of drug-likeness (QED) is 0.0323. The number of carbonyl (C=O) groups is 6. The minimum absolute atomic E-state index is 0.0321. The third kappa shape index (κ3) is 19.3. The van der Waals surface area contributed by atoms with Crippen molar-refractivity contribution < 1.29 is 57.2 Å². The van der Waals surface area contributed by atoms with Crippen LogP contribution in [0.4, 0.5) is 0 Å². The number of fused-ring (bicyclic) bond motifs is 1. The standard InChI is InChI=1S/C57H95NO12/c1-3-5-7-9-11-13-23-34-65-49(59)26-17-15-19-28-51(61)67-42-56(44-69-53(63)30-25-33-58-31-21-22-32-58,45-70-54(64)40-55-38-47-36-46-37-48(39-55)57(46,47)41-55)43-68-52(62)29-20-16-18-27-50(60)66-35-24-14-12-10-8-6-4-2/h46-48H,3-45H2,1-2H3. The summed E-state index contributed by atoms with van der Waals surface area (Å²) in [5.74, 6) is 0.157.